The van der Waals surface area contributed by atoms with Gasteiger partial charge in [-0.05, 0) is 26.0 Å². The molecule has 0 unspecified atom stereocenters. The van der Waals surface area contributed by atoms with Gasteiger partial charge in [0.1, 0.15) is 12.4 Å². The zero-order chi connectivity index (χ0) is 15.5. The van der Waals surface area contributed by atoms with Crippen LogP contribution in [0.4, 0.5) is 0 Å². The molecular formula is C17H20N4O. The van der Waals surface area contributed by atoms with Gasteiger partial charge in [0.05, 0.1) is 30.5 Å². The van der Waals surface area contributed by atoms with E-state index in [1.165, 1.54) is 5.56 Å². The Morgan fingerprint density at radius 1 is 1.14 bits per heavy atom. The van der Waals surface area contributed by atoms with Crippen LogP contribution in [-0.2, 0) is 13.6 Å². The summed E-state index contributed by atoms with van der Waals surface area (Å²) in [5.41, 5.74) is 4.41. The lowest BCUT2D eigenvalue weighted by Gasteiger charge is -2.09. The molecule has 0 fully saturated rings. The third-order valence-corrected chi connectivity index (χ3v) is 3.62. The number of imidazole rings is 1. The molecule has 0 bridgehead atoms. The van der Waals surface area contributed by atoms with Crippen molar-refractivity contribution < 1.29 is 4.74 Å². The van der Waals surface area contributed by atoms with Gasteiger partial charge in [-0.15, -0.1) is 0 Å². The maximum absolute atomic E-state index is 5.79. The number of ether oxygens (including phenoxy) is 1. The molecule has 0 aliphatic heterocycles. The highest BCUT2D eigenvalue weighted by atomic mass is 16.5. The summed E-state index contributed by atoms with van der Waals surface area (Å²) >= 11 is 0. The molecule has 0 spiro atoms. The van der Waals surface area contributed by atoms with Crippen molar-refractivity contribution in [3.63, 3.8) is 0 Å². The van der Waals surface area contributed by atoms with E-state index in [-0.39, 0.29) is 0 Å². The van der Waals surface area contributed by atoms with Crippen LogP contribution in [0, 0.1) is 13.8 Å². The van der Waals surface area contributed by atoms with Gasteiger partial charge in [-0.25, -0.2) is 4.98 Å². The minimum Gasteiger partial charge on any atom is -0.492 e. The van der Waals surface area contributed by atoms with Crippen molar-refractivity contribution in [3.05, 3.63) is 54.2 Å². The van der Waals surface area contributed by atoms with Crippen molar-refractivity contribution in [3.8, 4) is 17.0 Å². The van der Waals surface area contributed by atoms with Gasteiger partial charge in [-0.3, -0.25) is 4.68 Å². The standard InChI is InChI=1S/C17H20N4O/c1-13-4-6-15(7-5-13)22-9-8-21-12-18-10-17(21)16-11-20(3)19-14(16)2/h4-7,10-12H,8-9H2,1-3H3. The van der Waals surface area contributed by atoms with Gasteiger partial charge in [0.15, 0.2) is 0 Å². The van der Waals surface area contributed by atoms with Gasteiger partial charge in [0.25, 0.3) is 0 Å². The molecule has 0 radical (unpaired) electrons. The summed E-state index contributed by atoms with van der Waals surface area (Å²) in [6.45, 7) is 5.43. The van der Waals surface area contributed by atoms with E-state index in [2.05, 4.69) is 33.7 Å². The van der Waals surface area contributed by atoms with Crippen LogP contribution in [-0.4, -0.2) is 25.9 Å². The zero-order valence-electron chi connectivity index (χ0n) is 13.2. The molecule has 2 aromatic heterocycles. The first kappa shape index (κ1) is 14.4. The first-order chi connectivity index (χ1) is 10.6. The van der Waals surface area contributed by atoms with Gasteiger partial charge in [-0.1, -0.05) is 17.7 Å². The SMILES string of the molecule is Cc1ccc(OCCn2cncc2-c2cn(C)nc2C)cc1. The molecule has 0 aliphatic rings. The summed E-state index contributed by atoms with van der Waals surface area (Å²) in [6, 6.07) is 8.10. The second-order valence-electron chi connectivity index (χ2n) is 5.44. The first-order valence-corrected chi connectivity index (χ1v) is 7.33. The van der Waals surface area contributed by atoms with E-state index in [1.54, 1.807) is 0 Å². The Labute approximate surface area is 130 Å². The largest absolute Gasteiger partial charge is 0.492 e. The maximum atomic E-state index is 5.79. The monoisotopic (exact) mass is 296 g/mol. The minimum absolute atomic E-state index is 0.603. The zero-order valence-corrected chi connectivity index (χ0v) is 13.2. The molecule has 5 heteroatoms. The summed E-state index contributed by atoms with van der Waals surface area (Å²) in [7, 11) is 1.93. The van der Waals surface area contributed by atoms with Crippen LogP contribution < -0.4 is 4.74 Å². The highest BCUT2D eigenvalue weighted by Gasteiger charge is 2.11. The predicted octanol–water partition coefficient (Wildman–Crippen LogP) is 2.98. The Bertz CT molecular complexity index is 755. The highest BCUT2D eigenvalue weighted by Crippen LogP contribution is 2.22. The van der Waals surface area contributed by atoms with Crippen molar-refractivity contribution in [1.29, 1.82) is 0 Å². The maximum Gasteiger partial charge on any atom is 0.119 e. The average Bonchev–Trinajstić information content (AvgIpc) is 3.07. The molecule has 3 rings (SSSR count). The van der Waals surface area contributed by atoms with Gasteiger partial charge >= 0.3 is 0 Å². The molecule has 3 aromatic rings. The summed E-state index contributed by atoms with van der Waals surface area (Å²) in [5, 5.41) is 4.39. The van der Waals surface area contributed by atoms with E-state index < -0.39 is 0 Å². The fourth-order valence-electron chi connectivity index (χ4n) is 2.47. The third-order valence-electron chi connectivity index (χ3n) is 3.62. The lowest BCUT2D eigenvalue weighted by molar-refractivity contribution is 0.299. The molecule has 0 saturated heterocycles. The van der Waals surface area contributed by atoms with Crippen LogP contribution in [0.25, 0.3) is 11.3 Å². The topological polar surface area (TPSA) is 44.9 Å². The molecule has 0 atom stereocenters. The fraction of sp³-hybridized carbons (Fsp3) is 0.294. The van der Waals surface area contributed by atoms with Crippen LogP contribution in [0.2, 0.25) is 0 Å². The van der Waals surface area contributed by atoms with Crippen molar-refractivity contribution >= 4 is 0 Å². The molecular weight excluding hydrogens is 276 g/mol. The van der Waals surface area contributed by atoms with Gasteiger partial charge in [-0.2, -0.15) is 5.10 Å². The van der Waals surface area contributed by atoms with E-state index >= 15 is 0 Å². The molecule has 1 aromatic carbocycles. The second-order valence-corrected chi connectivity index (χ2v) is 5.44. The first-order valence-electron chi connectivity index (χ1n) is 7.33. The number of benzene rings is 1. The normalized spacial score (nSPS) is 10.9. The van der Waals surface area contributed by atoms with Crippen molar-refractivity contribution in [2.75, 3.05) is 6.61 Å². The number of aromatic nitrogens is 4. The van der Waals surface area contributed by atoms with E-state index in [9.17, 15) is 0 Å². The van der Waals surface area contributed by atoms with Crippen molar-refractivity contribution in [2.45, 2.75) is 20.4 Å². The van der Waals surface area contributed by atoms with E-state index in [0.29, 0.717) is 6.61 Å². The Morgan fingerprint density at radius 2 is 1.91 bits per heavy atom. The van der Waals surface area contributed by atoms with Gasteiger partial charge in [0.2, 0.25) is 0 Å². The van der Waals surface area contributed by atoms with Gasteiger partial charge in [0, 0.05) is 18.8 Å². The number of hydrogen-bond donors (Lipinski definition) is 0. The van der Waals surface area contributed by atoms with Crippen LogP contribution >= 0.6 is 0 Å². The summed E-state index contributed by atoms with van der Waals surface area (Å²) in [5.74, 6) is 0.893. The Kier molecular flexibility index (Phi) is 3.96. The minimum atomic E-state index is 0.603. The van der Waals surface area contributed by atoms with E-state index in [1.807, 2.05) is 49.5 Å². The number of aryl methyl sites for hydroxylation is 3. The molecule has 22 heavy (non-hydrogen) atoms. The summed E-state index contributed by atoms with van der Waals surface area (Å²) < 4.78 is 9.71. The Hall–Kier alpha value is -2.56. The smallest absolute Gasteiger partial charge is 0.119 e. The van der Waals surface area contributed by atoms with Crippen molar-refractivity contribution in [1.82, 2.24) is 19.3 Å². The fourth-order valence-corrected chi connectivity index (χ4v) is 2.47. The quantitative estimate of drug-likeness (QED) is 0.727. The summed E-state index contributed by atoms with van der Waals surface area (Å²) in [4.78, 5) is 4.26. The Morgan fingerprint density at radius 3 is 2.59 bits per heavy atom. The van der Waals surface area contributed by atoms with Crippen molar-refractivity contribution in [2.24, 2.45) is 7.05 Å². The highest BCUT2D eigenvalue weighted by molar-refractivity contribution is 5.60. The van der Waals surface area contributed by atoms with Crippen LogP contribution in [0.3, 0.4) is 0 Å². The van der Waals surface area contributed by atoms with E-state index in [0.717, 1.165) is 29.2 Å². The molecule has 5 nitrogen and oxygen atoms in total. The van der Waals surface area contributed by atoms with Crippen LogP contribution in [0.15, 0.2) is 43.0 Å². The number of rotatable bonds is 5. The average molecular weight is 296 g/mol. The summed E-state index contributed by atoms with van der Waals surface area (Å²) in [6.07, 6.45) is 5.72. The second kappa shape index (κ2) is 6.05. The molecule has 0 amide bonds. The molecule has 114 valence electrons. The molecule has 0 aliphatic carbocycles. The number of hydrogen-bond acceptors (Lipinski definition) is 3. The molecule has 0 N–H and O–H groups in total. The predicted molar refractivity (Wildman–Crippen MR) is 85.8 cm³/mol. The lowest BCUT2D eigenvalue weighted by atomic mass is 10.2. The van der Waals surface area contributed by atoms with Crippen LogP contribution in [0.1, 0.15) is 11.3 Å². The number of nitrogens with zero attached hydrogens (tertiary/aromatic N) is 4. The van der Waals surface area contributed by atoms with E-state index in [4.69, 9.17) is 4.74 Å². The van der Waals surface area contributed by atoms with Crippen LogP contribution in [0.5, 0.6) is 5.75 Å². The molecule has 0 saturated carbocycles. The van der Waals surface area contributed by atoms with Gasteiger partial charge < -0.3 is 9.30 Å². The Balaban J connectivity index is 1.68. The third kappa shape index (κ3) is 3.03. The molecule has 2 heterocycles. The lowest BCUT2D eigenvalue weighted by Crippen LogP contribution is -2.08.